The zero-order valence-corrected chi connectivity index (χ0v) is 53.0. The number of unbranched alkanes of at least 4 members (excludes halogenated alkanes) is 30. The van der Waals surface area contributed by atoms with Crippen LogP contribution in [-0.4, -0.2) is 37.2 Å². The van der Waals surface area contributed by atoms with E-state index in [1.807, 2.05) is 6.08 Å². The summed E-state index contributed by atoms with van der Waals surface area (Å²) in [6.45, 7) is 6.45. The molecule has 0 aromatic rings. The summed E-state index contributed by atoms with van der Waals surface area (Å²) in [6.07, 6.45) is 95.1. The number of hydrogen-bond donors (Lipinski definition) is 0. The van der Waals surface area contributed by atoms with Gasteiger partial charge in [-0.1, -0.05) is 296 Å². The lowest BCUT2D eigenvalue weighted by Crippen LogP contribution is -2.30. The van der Waals surface area contributed by atoms with E-state index in [0.717, 1.165) is 96.3 Å². The Hall–Kier alpha value is -4.19. The van der Waals surface area contributed by atoms with Crippen LogP contribution in [-0.2, 0) is 28.6 Å². The number of hydrogen-bond acceptors (Lipinski definition) is 6. The first-order valence-corrected chi connectivity index (χ1v) is 34.0. The maximum Gasteiger partial charge on any atom is 0.306 e. The van der Waals surface area contributed by atoms with Crippen molar-refractivity contribution in [2.75, 3.05) is 13.2 Å². The third-order valence-corrected chi connectivity index (χ3v) is 14.4. The smallest absolute Gasteiger partial charge is 0.306 e. The van der Waals surface area contributed by atoms with Gasteiger partial charge in [-0.2, -0.15) is 0 Å². The van der Waals surface area contributed by atoms with Gasteiger partial charge in [0.1, 0.15) is 13.2 Å². The third-order valence-electron chi connectivity index (χ3n) is 14.4. The van der Waals surface area contributed by atoms with Crippen molar-refractivity contribution in [3.05, 3.63) is 122 Å². The minimum Gasteiger partial charge on any atom is -0.462 e. The minimum atomic E-state index is -0.826. The summed E-state index contributed by atoms with van der Waals surface area (Å²) in [7, 11) is 0. The van der Waals surface area contributed by atoms with Crippen LogP contribution < -0.4 is 0 Å². The Morgan fingerprint density at radius 1 is 0.259 bits per heavy atom. The fourth-order valence-electron chi connectivity index (χ4n) is 9.35. The lowest BCUT2D eigenvalue weighted by molar-refractivity contribution is -0.166. The molecule has 6 heteroatoms. The van der Waals surface area contributed by atoms with Gasteiger partial charge >= 0.3 is 17.9 Å². The lowest BCUT2D eigenvalue weighted by Gasteiger charge is -2.18. The van der Waals surface area contributed by atoms with Crippen LogP contribution in [0.4, 0.5) is 0 Å². The van der Waals surface area contributed by atoms with Crippen molar-refractivity contribution in [1.29, 1.82) is 0 Å². The zero-order valence-electron chi connectivity index (χ0n) is 53.0. The Labute approximate surface area is 501 Å². The molecule has 0 aromatic heterocycles. The maximum atomic E-state index is 12.9. The second kappa shape index (κ2) is 68.3. The average Bonchev–Trinajstić information content (AvgIpc) is 3.47. The summed E-state index contributed by atoms with van der Waals surface area (Å²) < 4.78 is 16.9. The van der Waals surface area contributed by atoms with E-state index in [4.69, 9.17) is 14.2 Å². The molecule has 0 radical (unpaired) electrons. The molecule has 0 spiro atoms. The molecule has 0 saturated carbocycles. The van der Waals surface area contributed by atoms with Crippen molar-refractivity contribution in [1.82, 2.24) is 0 Å². The molecule has 6 nitrogen and oxygen atoms in total. The largest absolute Gasteiger partial charge is 0.462 e. The van der Waals surface area contributed by atoms with Gasteiger partial charge in [-0.25, -0.2) is 0 Å². The van der Waals surface area contributed by atoms with E-state index in [1.54, 1.807) is 0 Å². The molecule has 0 aliphatic rings. The van der Waals surface area contributed by atoms with Gasteiger partial charge in [-0.15, -0.1) is 0 Å². The van der Waals surface area contributed by atoms with E-state index in [-0.39, 0.29) is 31.6 Å². The second-order valence-electron chi connectivity index (χ2n) is 22.3. The van der Waals surface area contributed by atoms with E-state index in [2.05, 4.69) is 136 Å². The third kappa shape index (κ3) is 66.5. The molecule has 0 aliphatic carbocycles. The molecular weight excluding hydrogens is 997 g/mol. The first-order valence-electron chi connectivity index (χ1n) is 34.0. The van der Waals surface area contributed by atoms with Gasteiger partial charge < -0.3 is 14.2 Å². The summed E-state index contributed by atoms with van der Waals surface area (Å²) in [5.74, 6) is -0.997. The zero-order chi connectivity index (χ0) is 58.5. The van der Waals surface area contributed by atoms with Crippen molar-refractivity contribution < 1.29 is 28.6 Å². The summed E-state index contributed by atoms with van der Waals surface area (Å²) in [6, 6.07) is 0. The van der Waals surface area contributed by atoms with Gasteiger partial charge in [0.15, 0.2) is 6.10 Å². The molecule has 0 heterocycles. The SMILES string of the molecule is CC/C=C\C/C=C\C/C=C\C/C=C\C/C=C\C/C=C\CCC(=O)OC(COC(=O)CCCCCCCCC/C=C\C/C=C\CCCCC)COC(=O)CCCCCCCCCCCCCCCCC/C=C\C/C=C\CCCCCCC. The summed E-state index contributed by atoms with van der Waals surface area (Å²) in [5, 5.41) is 0. The Morgan fingerprint density at radius 3 is 0.827 bits per heavy atom. The van der Waals surface area contributed by atoms with E-state index in [0.29, 0.717) is 19.3 Å². The van der Waals surface area contributed by atoms with Crippen LogP contribution >= 0.6 is 0 Å². The van der Waals surface area contributed by atoms with E-state index >= 15 is 0 Å². The first-order chi connectivity index (χ1) is 40.0. The van der Waals surface area contributed by atoms with Crippen molar-refractivity contribution in [3.8, 4) is 0 Å². The monoisotopic (exact) mass is 1120 g/mol. The fourth-order valence-corrected chi connectivity index (χ4v) is 9.35. The normalized spacial score (nSPS) is 12.9. The van der Waals surface area contributed by atoms with Crippen molar-refractivity contribution >= 4 is 17.9 Å². The number of rotatable bonds is 61. The quantitative estimate of drug-likeness (QED) is 0.0261. The predicted molar refractivity (Wildman–Crippen MR) is 353 cm³/mol. The van der Waals surface area contributed by atoms with Crippen LogP contribution in [0.15, 0.2) is 122 Å². The van der Waals surface area contributed by atoms with Crippen LogP contribution in [0.3, 0.4) is 0 Å². The molecule has 0 N–H and O–H groups in total. The lowest BCUT2D eigenvalue weighted by atomic mass is 10.0. The fraction of sp³-hybridized carbons (Fsp3) is 0.693. The van der Waals surface area contributed by atoms with Crippen molar-refractivity contribution in [3.63, 3.8) is 0 Å². The van der Waals surface area contributed by atoms with Gasteiger partial charge in [0.25, 0.3) is 0 Å². The minimum absolute atomic E-state index is 0.112. The Bertz CT molecular complexity index is 1670. The number of carbonyl (C=O) groups excluding carboxylic acids is 3. The van der Waals surface area contributed by atoms with Crippen LogP contribution in [0.1, 0.15) is 316 Å². The predicted octanol–water partition coefficient (Wildman–Crippen LogP) is 23.6. The highest BCUT2D eigenvalue weighted by Crippen LogP contribution is 2.16. The van der Waals surface area contributed by atoms with Gasteiger partial charge in [-0.05, 0) is 122 Å². The van der Waals surface area contributed by atoms with Crippen LogP contribution in [0, 0.1) is 0 Å². The number of allylic oxidation sites excluding steroid dienone is 20. The van der Waals surface area contributed by atoms with Gasteiger partial charge in [0.05, 0.1) is 0 Å². The molecule has 0 fully saturated rings. The van der Waals surface area contributed by atoms with Gasteiger partial charge in [0.2, 0.25) is 0 Å². The molecule has 0 bridgehead atoms. The van der Waals surface area contributed by atoms with Gasteiger partial charge in [0, 0.05) is 19.3 Å². The molecule has 1 atom stereocenters. The number of esters is 3. The van der Waals surface area contributed by atoms with Crippen molar-refractivity contribution in [2.45, 2.75) is 322 Å². The van der Waals surface area contributed by atoms with Gasteiger partial charge in [-0.3, -0.25) is 14.4 Å². The highest BCUT2D eigenvalue weighted by atomic mass is 16.6. The topological polar surface area (TPSA) is 78.9 Å². The van der Waals surface area contributed by atoms with E-state index < -0.39 is 12.1 Å². The first kappa shape index (κ1) is 76.8. The van der Waals surface area contributed by atoms with Crippen LogP contribution in [0.2, 0.25) is 0 Å². The molecule has 0 saturated heterocycles. The highest BCUT2D eigenvalue weighted by molar-refractivity contribution is 5.71. The highest BCUT2D eigenvalue weighted by Gasteiger charge is 2.19. The van der Waals surface area contributed by atoms with Crippen molar-refractivity contribution in [2.24, 2.45) is 0 Å². The Balaban J connectivity index is 4.41. The second-order valence-corrected chi connectivity index (χ2v) is 22.3. The maximum absolute atomic E-state index is 12.9. The summed E-state index contributed by atoms with van der Waals surface area (Å²) >= 11 is 0. The molecule has 0 rings (SSSR count). The van der Waals surface area contributed by atoms with E-state index in [9.17, 15) is 14.4 Å². The Kier molecular flexibility index (Phi) is 64.8. The van der Waals surface area contributed by atoms with Crippen LogP contribution in [0.5, 0.6) is 0 Å². The van der Waals surface area contributed by atoms with Crippen LogP contribution in [0.25, 0.3) is 0 Å². The van der Waals surface area contributed by atoms with E-state index in [1.165, 1.54) is 173 Å². The molecular formula is C75H126O6. The average molecular weight is 1120 g/mol. The number of carbonyl (C=O) groups is 3. The molecule has 1 unspecified atom stereocenters. The molecule has 0 aliphatic heterocycles. The molecule has 81 heavy (non-hydrogen) atoms. The number of ether oxygens (including phenoxy) is 3. The molecule has 462 valence electrons. The standard InChI is InChI=1S/C75H126O6/c1-4-7-10-13-16-19-22-25-28-31-33-34-35-36-37-38-39-40-42-44-47-50-53-56-59-62-65-68-74(77)80-71-72(70-79-73(76)67-64-61-58-55-52-49-46-43-30-27-24-21-18-15-12-9-6-3)81-75(78)69-66-63-60-57-54-51-48-45-41-32-29-26-23-20-17-14-11-8-5-2/h8,11,17-18,20-22,25-27,29-31,33,41,45,51,54,60,63,72H,4-7,9-10,12-16,19,23-24,28,32,34-40,42-44,46-50,52-53,55-59,61-62,64-71H2,1-3H3/b11-8-,20-17-,21-18-,25-22-,29-26-,30-27-,33-31-,45-41-,54-51-,63-60-. The molecule has 0 amide bonds. The molecule has 0 aromatic carbocycles. The summed E-state index contributed by atoms with van der Waals surface area (Å²) in [5.41, 5.74) is 0. The Morgan fingerprint density at radius 2 is 0.506 bits per heavy atom. The summed E-state index contributed by atoms with van der Waals surface area (Å²) in [4.78, 5) is 38.4.